The molecule has 0 radical (unpaired) electrons. The Balaban J connectivity index is 1.72. The third kappa shape index (κ3) is 4.80. The van der Waals surface area contributed by atoms with Crippen LogP contribution in [-0.2, 0) is 4.74 Å². The molecule has 176 valence electrons. The van der Waals surface area contributed by atoms with Crippen LogP contribution in [-0.4, -0.2) is 57.7 Å². The first-order valence-corrected chi connectivity index (χ1v) is 10.9. The number of benzene rings is 1. The van der Waals surface area contributed by atoms with Gasteiger partial charge in [-0.25, -0.2) is 14.3 Å². The van der Waals surface area contributed by atoms with Gasteiger partial charge in [0.25, 0.3) is 0 Å². The van der Waals surface area contributed by atoms with E-state index in [1.165, 1.54) is 6.33 Å². The van der Waals surface area contributed by atoms with Crippen molar-refractivity contribution >= 4 is 28.9 Å². The first-order chi connectivity index (χ1) is 15.7. The normalized spacial score (nSPS) is 15.0. The first-order valence-electron chi connectivity index (χ1n) is 10.9. The van der Waals surface area contributed by atoms with E-state index in [-0.39, 0.29) is 6.10 Å². The number of anilines is 3. The molecule has 0 saturated carbocycles. The maximum absolute atomic E-state index is 12.2. The van der Waals surface area contributed by atoms with Crippen LogP contribution in [0.15, 0.2) is 30.6 Å². The van der Waals surface area contributed by atoms with Crippen molar-refractivity contribution in [1.29, 1.82) is 0 Å². The lowest BCUT2D eigenvalue weighted by Gasteiger charge is -2.30. The molecule has 0 bridgehead atoms. The maximum atomic E-state index is 12.2. The zero-order valence-corrected chi connectivity index (χ0v) is 19.3. The highest BCUT2D eigenvalue weighted by molar-refractivity contribution is 5.93. The number of piperidine rings is 1. The Kier molecular flexibility index (Phi) is 6.03. The second kappa shape index (κ2) is 8.78. The van der Waals surface area contributed by atoms with Gasteiger partial charge in [0.2, 0.25) is 0 Å². The molecule has 1 aliphatic heterocycles. The number of hydrogen-bond donors (Lipinski definition) is 3. The van der Waals surface area contributed by atoms with Gasteiger partial charge in [-0.15, -0.1) is 0 Å². The maximum Gasteiger partial charge on any atom is 0.412 e. The summed E-state index contributed by atoms with van der Waals surface area (Å²) in [5.41, 5.74) is 8.50. The number of carbonyl (C=O) groups excluding carboxylic acids is 1. The van der Waals surface area contributed by atoms with Gasteiger partial charge in [-0.1, -0.05) is 6.07 Å². The van der Waals surface area contributed by atoms with Crippen LogP contribution in [0.25, 0.3) is 16.6 Å². The Labute approximate surface area is 192 Å². The minimum atomic E-state index is -0.610. The zero-order valence-electron chi connectivity index (χ0n) is 19.3. The molecule has 4 N–H and O–H groups in total. The SMILES string of the molecule is COc1cc(-c2cc(N3CCC(O)CC3)n3ncnc(N)c23)ccc1NC(=O)OC(C)(C)C. The van der Waals surface area contributed by atoms with Crippen molar-refractivity contribution in [2.75, 3.05) is 36.1 Å². The van der Waals surface area contributed by atoms with Crippen LogP contribution >= 0.6 is 0 Å². The van der Waals surface area contributed by atoms with Crippen LogP contribution in [0.2, 0.25) is 0 Å². The van der Waals surface area contributed by atoms with Crippen molar-refractivity contribution in [3.63, 3.8) is 0 Å². The molecular formula is C23H30N6O4. The molecular weight excluding hydrogens is 424 g/mol. The van der Waals surface area contributed by atoms with Gasteiger partial charge < -0.3 is 25.2 Å². The van der Waals surface area contributed by atoms with Crippen LogP contribution in [0.5, 0.6) is 5.75 Å². The highest BCUT2D eigenvalue weighted by Crippen LogP contribution is 2.38. The zero-order chi connectivity index (χ0) is 23.8. The summed E-state index contributed by atoms with van der Waals surface area (Å²) in [4.78, 5) is 18.6. The van der Waals surface area contributed by atoms with E-state index >= 15 is 0 Å². The molecule has 10 heteroatoms. The van der Waals surface area contributed by atoms with Crippen LogP contribution in [0, 0.1) is 0 Å². The first kappa shape index (κ1) is 22.7. The standard InChI is InChI=1S/C23H30N6O4/c1-23(2,3)33-22(31)27-17-6-5-14(11-18(17)32-4)16-12-19(28-9-7-15(30)8-10-28)29-20(16)21(24)25-13-26-29/h5-6,11-13,15,30H,7-10H2,1-4H3,(H,27,31)(H2,24,25,26). The summed E-state index contributed by atoms with van der Waals surface area (Å²) >= 11 is 0. The summed E-state index contributed by atoms with van der Waals surface area (Å²) in [6, 6.07) is 7.49. The number of nitrogens with zero attached hydrogens (tertiary/aromatic N) is 4. The van der Waals surface area contributed by atoms with E-state index in [2.05, 4.69) is 20.3 Å². The molecule has 4 rings (SSSR count). The second-order valence-electron chi connectivity index (χ2n) is 9.08. The minimum Gasteiger partial charge on any atom is -0.495 e. The quantitative estimate of drug-likeness (QED) is 0.548. The van der Waals surface area contributed by atoms with Crippen molar-refractivity contribution in [3.05, 3.63) is 30.6 Å². The van der Waals surface area contributed by atoms with Gasteiger partial charge in [-0.05, 0) is 57.4 Å². The summed E-state index contributed by atoms with van der Waals surface area (Å²) in [6.07, 6.45) is 1.99. The largest absolute Gasteiger partial charge is 0.495 e. The third-order valence-electron chi connectivity index (χ3n) is 5.50. The molecule has 10 nitrogen and oxygen atoms in total. The number of rotatable bonds is 4. The molecule has 1 saturated heterocycles. The number of hydrogen-bond acceptors (Lipinski definition) is 8. The number of aliphatic hydroxyl groups excluding tert-OH is 1. The van der Waals surface area contributed by atoms with Gasteiger partial charge in [-0.2, -0.15) is 5.10 Å². The Hall–Kier alpha value is -3.53. The molecule has 1 aliphatic rings. The van der Waals surface area contributed by atoms with E-state index in [4.69, 9.17) is 15.2 Å². The Morgan fingerprint density at radius 1 is 1.24 bits per heavy atom. The van der Waals surface area contributed by atoms with Crippen molar-refractivity contribution in [1.82, 2.24) is 14.6 Å². The molecule has 0 aliphatic carbocycles. The fourth-order valence-corrected chi connectivity index (χ4v) is 3.97. The van der Waals surface area contributed by atoms with E-state index in [0.717, 1.165) is 30.0 Å². The number of methoxy groups -OCH3 is 1. The molecule has 0 atom stereocenters. The monoisotopic (exact) mass is 454 g/mol. The van der Waals surface area contributed by atoms with Gasteiger partial charge >= 0.3 is 6.09 Å². The van der Waals surface area contributed by atoms with Crippen molar-refractivity contribution in [2.24, 2.45) is 0 Å². The van der Waals surface area contributed by atoms with E-state index in [1.54, 1.807) is 38.5 Å². The number of nitrogens with one attached hydrogen (secondary N) is 1. The van der Waals surface area contributed by atoms with Crippen molar-refractivity contribution in [3.8, 4) is 16.9 Å². The Morgan fingerprint density at radius 2 is 1.97 bits per heavy atom. The molecule has 3 heterocycles. The van der Waals surface area contributed by atoms with Gasteiger partial charge in [0.15, 0.2) is 5.82 Å². The number of aliphatic hydroxyl groups is 1. The predicted octanol–water partition coefficient (Wildman–Crippen LogP) is 3.30. The predicted molar refractivity (Wildman–Crippen MR) is 127 cm³/mol. The third-order valence-corrected chi connectivity index (χ3v) is 5.50. The number of amides is 1. The van der Waals surface area contributed by atoms with Gasteiger partial charge in [0.1, 0.15) is 29.0 Å². The molecule has 0 spiro atoms. The van der Waals surface area contributed by atoms with Crippen LogP contribution in [0.3, 0.4) is 0 Å². The number of fused-ring (bicyclic) bond motifs is 1. The number of nitrogen functional groups attached to an aromatic ring is 1. The molecule has 1 amide bonds. The summed E-state index contributed by atoms with van der Waals surface area (Å²) in [5.74, 6) is 1.73. The molecule has 3 aromatic rings. The average Bonchev–Trinajstić information content (AvgIpc) is 3.14. The lowest BCUT2D eigenvalue weighted by atomic mass is 10.1. The van der Waals surface area contributed by atoms with Crippen LogP contribution in [0.1, 0.15) is 33.6 Å². The van der Waals surface area contributed by atoms with E-state index in [0.29, 0.717) is 35.6 Å². The van der Waals surface area contributed by atoms with Crippen molar-refractivity contribution in [2.45, 2.75) is 45.3 Å². The molecule has 2 aromatic heterocycles. The topological polar surface area (TPSA) is 127 Å². The molecule has 0 unspecified atom stereocenters. The molecule has 1 aromatic carbocycles. The summed E-state index contributed by atoms with van der Waals surface area (Å²) in [6.45, 7) is 6.85. The number of ether oxygens (including phenoxy) is 2. The summed E-state index contributed by atoms with van der Waals surface area (Å²) in [7, 11) is 1.54. The van der Waals surface area contributed by atoms with Crippen molar-refractivity contribution < 1.29 is 19.4 Å². The van der Waals surface area contributed by atoms with Gasteiger partial charge in [0, 0.05) is 18.7 Å². The number of nitrogens with two attached hydrogens (primary N) is 1. The highest BCUT2D eigenvalue weighted by Gasteiger charge is 2.24. The Bertz CT molecular complexity index is 1160. The van der Waals surface area contributed by atoms with Gasteiger partial charge in [-0.3, -0.25) is 5.32 Å². The second-order valence-corrected chi connectivity index (χ2v) is 9.08. The average molecular weight is 455 g/mol. The number of aromatic nitrogens is 3. The van der Waals surface area contributed by atoms with Crippen LogP contribution in [0.4, 0.5) is 22.1 Å². The van der Waals surface area contributed by atoms with Gasteiger partial charge in [0.05, 0.1) is 18.9 Å². The Morgan fingerprint density at radius 3 is 2.64 bits per heavy atom. The van der Waals surface area contributed by atoms with Crippen LogP contribution < -0.4 is 20.7 Å². The smallest absolute Gasteiger partial charge is 0.412 e. The molecule has 1 fully saturated rings. The van der Waals surface area contributed by atoms with E-state index < -0.39 is 11.7 Å². The number of carbonyl (C=O) groups is 1. The van der Waals surface area contributed by atoms with E-state index in [9.17, 15) is 9.90 Å². The summed E-state index contributed by atoms with van der Waals surface area (Å²) in [5, 5.41) is 17.1. The molecule has 33 heavy (non-hydrogen) atoms. The summed E-state index contributed by atoms with van der Waals surface area (Å²) < 4.78 is 12.7. The fourth-order valence-electron chi connectivity index (χ4n) is 3.97. The van der Waals surface area contributed by atoms with E-state index in [1.807, 2.05) is 18.2 Å². The fraction of sp³-hybridized carbons (Fsp3) is 0.435. The lowest BCUT2D eigenvalue weighted by Crippen LogP contribution is -2.36. The lowest BCUT2D eigenvalue weighted by molar-refractivity contribution is 0.0635. The minimum absolute atomic E-state index is 0.277. The highest BCUT2D eigenvalue weighted by atomic mass is 16.6.